The second-order valence-corrected chi connectivity index (χ2v) is 6.57. The Labute approximate surface area is 172 Å². The van der Waals surface area contributed by atoms with Gasteiger partial charge in [-0.05, 0) is 18.2 Å². The van der Waals surface area contributed by atoms with Crippen molar-refractivity contribution in [2.45, 2.75) is 24.2 Å². The Morgan fingerprint density at radius 3 is 2.68 bits per heavy atom. The Morgan fingerprint density at radius 1 is 1.35 bits per heavy atom. The molecule has 166 valence electrons. The monoisotopic (exact) mass is 445 g/mol. The summed E-state index contributed by atoms with van der Waals surface area (Å²) in [6, 6.07) is 2.83. The molecule has 0 aromatic carbocycles. The molecule has 0 bridgehead atoms. The highest BCUT2D eigenvalue weighted by Gasteiger charge is 2.52. The van der Waals surface area contributed by atoms with Crippen LogP contribution in [-0.4, -0.2) is 48.0 Å². The molecule has 3 heterocycles. The van der Waals surface area contributed by atoms with Crippen LogP contribution in [0.4, 0.5) is 27.6 Å². The maximum absolute atomic E-state index is 14.4. The standard InChI is InChI=1S/C18H16F5N5O3/c1-30-10-2-3-12(25-7-10)15(29)27-9-4-11(14(20)26-6-9)17(8-19)5-13(18(21,22)23)31-16(24)28-17/h2-4,6-7,13H,5,8H2,1H3,(H2,24,28)(H,27,29)/t13-,17+/m0/s1. The van der Waals surface area contributed by atoms with Gasteiger partial charge >= 0.3 is 6.18 Å². The number of ether oxygens (including phenoxy) is 2. The molecule has 2 aromatic rings. The van der Waals surface area contributed by atoms with E-state index in [4.69, 9.17) is 10.5 Å². The fourth-order valence-corrected chi connectivity index (χ4v) is 2.96. The minimum Gasteiger partial charge on any atom is -0.495 e. The van der Waals surface area contributed by atoms with Crippen LogP contribution in [0.3, 0.4) is 0 Å². The van der Waals surface area contributed by atoms with Crippen LogP contribution in [0.25, 0.3) is 0 Å². The fraction of sp³-hybridized carbons (Fsp3) is 0.333. The van der Waals surface area contributed by atoms with E-state index in [1.165, 1.54) is 25.4 Å². The number of nitrogens with one attached hydrogen (secondary N) is 1. The van der Waals surface area contributed by atoms with E-state index in [0.717, 1.165) is 12.3 Å². The molecule has 1 amide bonds. The molecule has 2 atom stereocenters. The number of hydrogen-bond acceptors (Lipinski definition) is 7. The number of pyridine rings is 2. The molecule has 0 unspecified atom stereocenters. The molecule has 1 aliphatic rings. The molecule has 3 N–H and O–H groups in total. The van der Waals surface area contributed by atoms with Crippen LogP contribution in [0, 0.1) is 5.95 Å². The first-order valence-electron chi connectivity index (χ1n) is 8.70. The van der Waals surface area contributed by atoms with E-state index in [2.05, 4.69) is 25.0 Å². The minimum atomic E-state index is -4.89. The molecule has 3 rings (SSSR count). The zero-order chi connectivity index (χ0) is 22.8. The number of carbonyl (C=O) groups is 1. The zero-order valence-corrected chi connectivity index (χ0v) is 15.9. The molecule has 13 heteroatoms. The maximum atomic E-state index is 14.4. The number of aromatic nitrogens is 2. The topological polar surface area (TPSA) is 112 Å². The lowest BCUT2D eigenvalue weighted by molar-refractivity contribution is -0.209. The summed E-state index contributed by atoms with van der Waals surface area (Å²) in [6.45, 7) is -1.51. The lowest BCUT2D eigenvalue weighted by atomic mass is 9.85. The van der Waals surface area contributed by atoms with E-state index in [0.29, 0.717) is 5.75 Å². The fourth-order valence-electron chi connectivity index (χ4n) is 2.96. The zero-order valence-electron chi connectivity index (χ0n) is 15.9. The quantitative estimate of drug-likeness (QED) is 0.541. The van der Waals surface area contributed by atoms with Gasteiger partial charge in [-0.2, -0.15) is 17.6 Å². The van der Waals surface area contributed by atoms with Crippen molar-refractivity contribution >= 4 is 17.6 Å². The number of anilines is 1. The van der Waals surface area contributed by atoms with Crippen LogP contribution >= 0.6 is 0 Å². The van der Waals surface area contributed by atoms with Crippen LogP contribution in [0.15, 0.2) is 35.6 Å². The van der Waals surface area contributed by atoms with Crippen LogP contribution < -0.4 is 15.8 Å². The summed E-state index contributed by atoms with van der Waals surface area (Å²) in [5, 5.41) is 2.37. The van der Waals surface area contributed by atoms with Gasteiger partial charge in [0.05, 0.1) is 25.2 Å². The lowest BCUT2D eigenvalue weighted by Gasteiger charge is -2.36. The highest BCUT2D eigenvalue weighted by molar-refractivity contribution is 6.02. The molecule has 8 nitrogen and oxygen atoms in total. The smallest absolute Gasteiger partial charge is 0.425 e. The number of methoxy groups -OCH3 is 1. The third-order valence-electron chi connectivity index (χ3n) is 4.50. The molecule has 1 aliphatic heterocycles. The summed E-state index contributed by atoms with van der Waals surface area (Å²) in [5.41, 5.74) is 2.21. The van der Waals surface area contributed by atoms with E-state index >= 15 is 0 Å². The van der Waals surface area contributed by atoms with Crippen molar-refractivity contribution in [3.63, 3.8) is 0 Å². The predicted octanol–water partition coefficient (Wildman–Crippen LogP) is 2.71. The Balaban J connectivity index is 1.93. The molecule has 0 spiro atoms. The average molecular weight is 445 g/mol. The van der Waals surface area contributed by atoms with Gasteiger partial charge in [0.2, 0.25) is 5.95 Å². The van der Waals surface area contributed by atoms with Gasteiger partial charge < -0.3 is 20.5 Å². The molecule has 0 radical (unpaired) electrons. The third-order valence-corrected chi connectivity index (χ3v) is 4.50. The molecule has 0 saturated carbocycles. The number of alkyl halides is 4. The average Bonchev–Trinajstić information content (AvgIpc) is 2.74. The Kier molecular flexibility index (Phi) is 5.95. The summed E-state index contributed by atoms with van der Waals surface area (Å²) in [4.78, 5) is 23.2. The number of nitrogens with two attached hydrogens (primary N) is 1. The van der Waals surface area contributed by atoms with E-state index in [1.807, 2.05) is 0 Å². The van der Waals surface area contributed by atoms with Gasteiger partial charge in [-0.15, -0.1) is 0 Å². The van der Waals surface area contributed by atoms with Crippen molar-refractivity contribution in [1.82, 2.24) is 9.97 Å². The normalized spacial score (nSPS) is 21.1. The van der Waals surface area contributed by atoms with E-state index in [-0.39, 0.29) is 11.4 Å². The Morgan fingerprint density at radius 2 is 2.10 bits per heavy atom. The van der Waals surface area contributed by atoms with E-state index in [9.17, 15) is 26.7 Å². The number of hydrogen-bond donors (Lipinski definition) is 2. The van der Waals surface area contributed by atoms with E-state index < -0.39 is 54.4 Å². The van der Waals surface area contributed by atoms with Gasteiger partial charge in [-0.25, -0.2) is 19.4 Å². The summed E-state index contributed by atoms with van der Waals surface area (Å²) < 4.78 is 77.3. The van der Waals surface area contributed by atoms with Crippen LogP contribution in [0.2, 0.25) is 0 Å². The second kappa shape index (κ2) is 8.32. The first-order valence-corrected chi connectivity index (χ1v) is 8.70. The Hall–Kier alpha value is -3.51. The summed E-state index contributed by atoms with van der Waals surface area (Å²) in [5.74, 6) is -1.58. The molecular formula is C18H16F5N5O3. The largest absolute Gasteiger partial charge is 0.495 e. The van der Waals surface area contributed by atoms with Gasteiger partial charge in [0.1, 0.15) is 23.7 Å². The minimum absolute atomic E-state index is 0.0302. The van der Waals surface area contributed by atoms with Crippen molar-refractivity contribution in [3.8, 4) is 5.75 Å². The second-order valence-electron chi connectivity index (χ2n) is 6.57. The van der Waals surface area contributed by atoms with Crippen molar-refractivity contribution in [2.75, 3.05) is 19.1 Å². The third kappa shape index (κ3) is 4.64. The summed E-state index contributed by atoms with van der Waals surface area (Å²) in [6.07, 6.45) is -6.25. The molecule has 0 saturated heterocycles. The molecule has 2 aromatic heterocycles. The number of amidine groups is 1. The molecule has 0 fully saturated rings. The van der Waals surface area contributed by atoms with Gasteiger partial charge in [0, 0.05) is 12.0 Å². The lowest BCUT2D eigenvalue weighted by Crippen LogP contribution is -2.48. The summed E-state index contributed by atoms with van der Waals surface area (Å²) in [7, 11) is 1.41. The van der Waals surface area contributed by atoms with Gasteiger partial charge in [0.25, 0.3) is 11.9 Å². The molecule has 31 heavy (non-hydrogen) atoms. The highest BCUT2D eigenvalue weighted by atomic mass is 19.4. The van der Waals surface area contributed by atoms with Crippen LogP contribution in [0.5, 0.6) is 5.75 Å². The molecular weight excluding hydrogens is 429 g/mol. The molecule has 0 aliphatic carbocycles. The van der Waals surface area contributed by atoms with Gasteiger partial charge in [-0.3, -0.25) is 4.79 Å². The first kappa shape index (κ1) is 22.2. The van der Waals surface area contributed by atoms with Crippen molar-refractivity contribution in [1.29, 1.82) is 0 Å². The Bertz CT molecular complexity index is 999. The highest BCUT2D eigenvalue weighted by Crippen LogP contribution is 2.41. The van der Waals surface area contributed by atoms with Gasteiger partial charge in [-0.1, -0.05) is 0 Å². The van der Waals surface area contributed by atoms with Crippen molar-refractivity contribution < 1.29 is 36.2 Å². The van der Waals surface area contributed by atoms with Crippen molar-refractivity contribution in [3.05, 3.63) is 47.8 Å². The number of amides is 1. The maximum Gasteiger partial charge on any atom is 0.425 e. The number of carbonyl (C=O) groups excluding carboxylic acids is 1. The van der Waals surface area contributed by atoms with Crippen LogP contribution in [-0.2, 0) is 10.3 Å². The number of halogens is 5. The van der Waals surface area contributed by atoms with E-state index in [1.54, 1.807) is 0 Å². The number of aliphatic imine (C=N–C) groups is 1. The number of nitrogens with zero attached hydrogens (tertiary/aromatic N) is 3. The summed E-state index contributed by atoms with van der Waals surface area (Å²) >= 11 is 0. The van der Waals surface area contributed by atoms with Crippen molar-refractivity contribution in [2.24, 2.45) is 10.7 Å². The van der Waals surface area contributed by atoms with Crippen LogP contribution in [0.1, 0.15) is 22.5 Å². The first-order chi connectivity index (χ1) is 14.6. The predicted molar refractivity (Wildman–Crippen MR) is 97.8 cm³/mol. The van der Waals surface area contributed by atoms with Gasteiger partial charge in [0.15, 0.2) is 6.10 Å². The number of rotatable bonds is 5. The SMILES string of the molecule is COc1ccc(C(=O)Nc2cnc(F)c([C@]3(CF)C[C@@H](C(F)(F)F)OC(N)=N3)c2)nc1.